The maximum Gasteiger partial charge on any atom is 0.260 e. The lowest BCUT2D eigenvalue weighted by atomic mass is 10.1. The quantitative estimate of drug-likeness (QED) is 0.388. The molecule has 1 amide bonds. The van der Waals surface area contributed by atoms with Crippen LogP contribution in [-0.2, 0) is 11.3 Å². The molecule has 1 aliphatic heterocycles. The second-order valence-corrected chi connectivity index (χ2v) is 9.04. The van der Waals surface area contributed by atoms with Crippen LogP contribution >= 0.6 is 22.7 Å². The minimum atomic E-state index is -0.103. The molecule has 0 bridgehead atoms. The van der Waals surface area contributed by atoms with Gasteiger partial charge in [0.2, 0.25) is 0 Å². The van der Waals surface area contributed by atoms with E-state index in [-0.39, 0.29) is 12.0 Å². The Kier molecular flexibility index (Phi) is 5.93. The van der Waals surface area contributed by atoms with E-state index in [2.05, 4.69) is 4.98 Å². The van der Waals surface area contributed by atoms with Gasteiger partial charge in [-0.25, -0.2) is 9.97 Å². The van der Waals surface area contributed by atoms with Crippen molar-refractivity contribution in [3.05, 3.63) is 70.7 Å². The van der Waals surface area contributed by atoms with Crippen LogP contribution in [0.15, 0.2) is 59.4 Å². The van der Waals surface area contributed by atoms with Crippen LogP contribution in [0.1, 0.15) is 28.9 Å². The van der Waals surface area contributed by atoms with E-state index >= 15 is 0 Å². The summed E-state index contributed by atoms with van der Waals surface area (Å²) in [5, 5.41) is 2.64. The van der Waals surface area contributed by atoms with Gasteiger partial charge in [-0.3, -0.25) is 9.69 Å². The number of para-hydroxylation sites is 1. The van der Waals surface area contributed by atoms with Crippen molar-refractivity contribution in [3.8, 4) is 5.75 Å². The van der Waals surface area contributed by atoms with Crippen LogP contribution in [-0.4, -0.2) is 35.1 Å². The molecule has 0 saturated carbocycles. The number of ether oxygens (including phenoxy) is 2. The van der Waals surface area contributed by atoms with E-state index in [9.17, 15) is 4.79 Å². The van der Waals surface area contributed by atoms with Gasteiger partial charge in [0, 0.05) is 17.6 Å². The Balaban J connectivity index is 1.41. The van der Waals surface area contributed by atoms with Crippen LogP contribution < -0.4 is 9.64 Å². The lowest BCUT2D eigenvalue weighted by molar-refractivity contribution is 0.0917. The third-order valence-electron chi connectivity index (χ3n) is 5.12. The smallest absolute Gasteiger partial charge is 0.260 e. The van der Waals surface area contributed by atoms with Crippen molar-refractivity contribution in [1.29, 1.82) is 0 Å². The van der Waals surface area contributed by atoms with Gasteiger partial charge in [-0.2, -0.15) is 0 Å². The van der Waals surface area contributed by atoms with E-state index in [0.29, 0.717) is 29.6 Å². The maximum atomic E-state index is 13.6. The first-order chi connectivity index (χ1) is 15.3. The van der Waals surface area contributed by atoms with Crippen molar-refractivity contribution >= 4 is 43.9 Å². The van der Waals surface area contributed by atoms with Crippen molar-refractivity contribution in [2.24, 2.45) is 0 Å². The molecular formula is C23H21N3O3S2. The van der Waals surface area contributed by atoms with Crippen LogP contribution in [0, 0.1) is 0 Å². The number of hydrogen-bond donors (Lipinski definition) is 0. The second kappa shape index (κ2) is 9.13. The Morgan fingerprint density at radius 1 is 1.23 bits per heavy atom. The summed E-state index contributed by atoms with van der Waals surface area (Å²) in [7, 11) is 0. The summed E-state index contributed by atoms with van der Waals surface area (Å²) in [6, 6.07) is 15.2. The first-order valence-corrected chi connectivity index (χ1v) is 11.9. The third-order valence-corrected chi connectivity index (χ3v) is 6.81. The maximum absolute atomic E-state index is 13.6. The Morgan fingerprint density at radius 2 is 2.16 bits per heavy atom. The minimum Gasteiger partial charge on any atom is -0.487 e. The summed E-state index contributed by atoms with van der Waals surface area (Å²) in [5.74, 6) is 0.536. The summed E-state index contributed by atoms with van der Waals surface area (Å²) < 4.78 is 12.7. The number of nitrogens with zero attached hydrogens (tertiary/aromatic N) is 3. The first-order valence-electron chi connectivity index (χ1n) is 10.2. The van der Waals surface area contributed by atoms with Crippen LogP contribution in [0.3, 0.4) is 0 Å². The molecule has 0 aliphatic carbocycles. The number of rotatable bonds is 7. The van der Waals surface area contributed by atoms with Crippen molar-refractivity contribution in [1.82, 2.24) is 9.97 Å². The van der Waals surface area contributed by atoms with Crippen molar-refractivity contribution < 1.29 is 14.3 Å². The van der Waals surface area contributed by atoms with Crippen molar-refractivity contribution in [3.63, 3.8) is 0 Å². The molecule has 1 atom stereocenters. The highest BCUT2D eigenvalue weighted by atomic mass is 32.1. The van der Waals surface area contributed by atoms with Gasteiger partial charge >= 0.3 is 0 Å². The molecule has 3 heterocycles. The predicted octanol–water partition coefficient (Wildman–Crippen LogP) is 5.16. The zero-order chi connectivity index (χ0) is 21.0. The van der Waals surface area contributed by atoms with Crippen LogP contribution in [0.4, 0.5) is 5.13 Å². The van der Waals surface area contributed by atoms with Gasteiger partial charge in [0.15, 0.2) is 5.13 Å². The summed E-state index contributed by atoms with van der Waals surface area (Å²) in [6.07, 6.45) is 2.00. The number of thiazole rings is 2. The van der Waals surface area contributed by atoms with E-state index in [1.54, 1.807) is 16.5 Å². The molecule has 5 rings (SSSR count). The van der Waals surface area contributed by atoms with Crippen LogP contribution in [0.2, 0.25) is 0 Å². The van der Waals surface area contributed by atoms with E-state index in [1.807, 2.05) is 47.8 Å². The molecule has 0 N–H and O–H groups in total. The van der Waals surface area contributed by atoms with Gasteiger partial charge in [-0.1, -0.05) is 29.5 Å². The van der Waals surface area contributed by atoms with E-state index in [1.165, 1.54) is 22.7 Å². The first kappa shape index (κ1) is 20.1. The molecule has 1 unspecified atom stereocenters. The summed E-state index contributed by atoms with van der Waals surface area (Å²) in [6.45, 7) is 1.60. The van der Waals surface area contributed by atoms with E-state index in [0.717, 1.165) is 35.4 Å². The number of amides is 1. The summed E-state index contributed by atoms with van der Waals surface area (Å²) in [5.41, 5.74) is 4.11. The van der Waals surface area contributed by atoms with Gasteiger partial charge in [0.25, 0.3) is 5.91 Å². The Hall–Kier alpha value is -2.81. The summed E-state index contributed by atoms with van der Waals surface area (Å²) >= 11 is 3.06. The number of benzene rings is 2. The minimum absolute atomic E-state index is 0.0278. The average Bonchev–Trinajstić information content (AvgIpc) is 3.57. The molecule has 4 aromatic rings. The highest BCUT2D eigenvalue weighted by Gasteiger charge is 2.27. The van der Waals surface area contributed by atoms with E-state index in [4.69, 9.17) is 14.5 Å². The number of carbonyl (C=O) groups is 1. The molecule has 0 spiro atoms. The molecule has 31 heavy (non-hydrogen) atoms. The Bertz CT molecular complexity index is 1140. The average molecular weight is 452 g/mol. The van der Waals surface area contributed by atoms with Crippen LogP contribution in [0.25, 0.3) is 10.2 Å². The number of fused-ring (bicyclic) bond motifs is 1. The normalized spacial score (nSPS) is 15.9. The Labute approximate surface area is 188 Å². The van der Waals surface area contributed by atoms with Crippen LogP contribution in [0.5, 0.6) is 5.75 Å². The van der Waals surface area contributed by atoms with Gasteiger partial charge in [0.1, 0.15) is 12.4 Å². The molecular weight excluding hydrogens is 430 g/mol. The standard InChI is InChI=1S/C23H21N3O3S2/c27-22(16-5-3-6-18(11-16)29-13-17-14-30-15-24-17)26(12-19-7-4-10-28-19)23-25-20-8-1-2-9-21(20)31-23/h1-3,5-6,8-9,11,14-15,19H,4,7,10,12-13H2. The van der Waals surface area contributed by atoms with Gasteiger partial charge in [-0.05, 0) is 43.2 Å². The topological polar surface area (TPSA) is 64.5 Å². The van der Waals surface area contributed by atoms with Crippen molar-refractivity contribution in [2.75, 3.05) is 18.1 Å². The SMILES string of the molecule is O=C(c1cccc(OCc2cscn2)c1)N(CC1CCCO1)c1nc2ccccc2s1. The highest BCUT2D eigenvalue weighted by molar-refractivity contribution is 7.22. The van der Waals surface area contributed by atoms with Gasteiger partial charge < -0.3 is 9.47 Å². The molecule has 2 aromatic heterocycles. The zero-order valence-corrected chi connectivity index (χ0v) is 18.4. The molecule has 158 valence electrons. The van der Waals surface area contributed by atoms with Gasteiger partial charge in [-0.15, -0.1) is 11.3 Å². The molecule has 0 radical (unpaired) electrons. The summed E-state index contributed by atoms with van der Waals surface area (Å²) in [4.78, 5) is 24.3. The molecule has 8 heteroatoms. The number of anilines is 1. The van der Waals surface area contributed by atoms with Crippen molar-refractivity contribution in [2.45, 2.75) is 25.6 Å². The lowest BCUT2D eigenvalue weighted by Gasteiger charge is -2.23. The largest absolute Gasteiger partial charge is 0.487 e. The molecule has 1 fully saturated rings. The fourth-order valence-corrected chi connectivity index (χ4v) is 5.07. The molecule has 6 nitrogen and oxygen atoms in total. The number of hydrogen-bond acceptors (Lipinski definition) is 7. The second-order valence-electron chi connectivity index (χ2n) is 7.31. The lowest BCUT2D eigenvalue weighted by Crippen LogP contribution is -2.37. The Morgan fingerprint density at radius 3 is 2.97 bits per heavy atom. The molecule has 2 aromatic carbocycles. The number of carbonyl (C=O) groups excluding carboxylic acids is 1. The highest BCUT2D eigenvalue weighted by Crippen LogP contribution is 2.31. The number of aromatic nitrogens is 2. The zero-order valence-electron chi connectivity index (χ0n) is 16.8. The fraction of sp³-hybridized carbons (Fsp3) is 0.261. The van der Waals surface area contributed by atoms with Gasteiger partial charge in [0.05, 0.1) is 34.1 Å². The molecule has 1 saturated heterocycles. The molecule has 1 aliphatic rings. The predicted molar refractivity (Wildman–Crippen MR) is 123 cm³/mol. The third kappa shape index (κ3) is 4.61. The van der Waals surface area contributed by atoms with E-state index < -0.39 is 0 Å². The monoisotopic (exact) mass is 451 g/mol. The fourth-order valence-electron chi connectivity index (χ4n) is 3.56.